The Bertz CT molecular complexity index is 1030. The number of amidine groups is 1. The van der Waals surface area contributed by atoms with E-state index in [9.17, 15) is 9.59 Å². The second-order valence-corrected chi connectivity index (χ2v) is 9.22. The van der Waals surface area contributed by atoms with E-state index in [4.69, 9.17) is 10.7 Å². The van der Waals surface area contributed by atoms with Gasteiger partial charge in [-0.2, -0.15) is 4.99 Å². The highest BCUT2D eigenvalue weighted by Crippen LogP contribution is 2.28. The van der Waals surface area contributed by atoms with Crippen LogP contribution in [-0.2, 0) is 4.79 Å². The zero-order valence-electron chi connectivity index (χ0n) is 19.1. The predicted molar refractivity (Wildman–Crippen MR) is 128 cm³/mol. The molecule has 32 heavy (non-hydrogen) atoms. The van der Waals surface area contributed by atoms with Crippen LogP contribution in [0.25, 0.3) is 10.9 Å². The number of nitrogens with one attached hydrogen (secondary N) is 1. The number of amides is 2. The van der Waals surface area contributed by atoms with E-state index in [2.05, 4.69) is 15.2 Å². The smallest absolute Gasteiger partial charge is 0.282 e. The van der Waals surface area contributed by atoms with Crippen LogP contribution in [0.1, 0.15) is 67.8 Å². The number of nitrogens with two attached hydrogens (primary N) is 1. The molecule has 1 aromatic carbocycles. The third-order valence-electron chi connectivity index (χ3n) is 6.58. The first kappa shape index (κ1) is 22.2. The minimum Gasteiger partial charge on any atom is -0.387 e. The molecule has 0 spiro atoms. The summed E-state index contributed by atoms with van der Waals surface area (Å²) in [5.41, 5.74) is 8.11. The Hall–Kier alpha value is -2.96. The maximum Gasteiger partial charge on any atom is 0.282 e. The standard InChI is InChI=1S/C25H33N5O2/c1-16-8-9-22-19(14-16)15-21(25(32)27-17(2)26)23(29-22)30-12-10-20(11-13-30)28-24(31)18-6-4-3-5-7-18/h8-9,14-15,18,20H,3-7,10-13H2,1-2H3,(H,28,31)(H2,26,27,32). The van der Waals surface area contributed by atoms with Crippen molar-refractivity contribution in [2.45, 2.75) is 64.8 Å². The predicted octanol–water partition coefficient (Wildman–Crippen LogP) is 3.73. The number of hydrogen-bond acceptors (Lipinski definition) is 4. The van der Waals surface area contributed by atoms with E-state index >= 15 is 0 Å². The van der Waals surface area contributed by atoms with Crippen molar-refractivity contribution in [2.24, 2.45) is 16.6 Å². The molecule has 1 aliphatic carbocycles. The van der Waals surface area contributed by atoms with Gasteiger partial charge in [-0.05, 0) is 57.7 Å². The lowest BCUT2D eigenvalue weighted by Crippen LogP contribution is -2.47. The molecule has 2 amide bonds. The molecule has 1 saturated carbocycles. The molecule has 4 rings (SSSR count). The van der Waals surface area contributed by atoms with Crippen molar-refractivity contribution in [3.05, 3.63) is 35.4 Å². The monoisotopic (exact) mass is 435 g/mol. The number of piperidine rings is 1. The van der Waals surface area contributed by atoms with E-state index in [0.717, 1.165) is 68.1 Å². The van der Waals surface area contributed by atoms with Crippen LogP contribution < -0.4 is 16.0 Å². The first-order valence-corrected chi connectivity index (χ1v) is 11.7. The number of aryl methyl sites for hydroxylation is 1. The molecular weight excluding hydrogens is 402 g/mol. The molecule has 2 fully saturated rings. The number of aromatic nitrogens is 1. The van der Waals surface area contributed by atoms with Crippen molar-refractivity contribution in [3.63, 3.8) is 0 Å². The lowest BCUT2D eigenvalue weighted by molar-refractivity contribution is -0.126. The Balaban J connectivity index is 1.51. The molecule has 0 unspecified atom stereocenters. The van der Waals surface area contributed by atoms with Crippen molar-refractivity contribution in [1.82, 2.24) is 10.3 Å². The summed E-state index contributed by atoms with van der Waals surface area (Å²) in [7, 11) is 0. The first-order chi connectivity index (χ1) is 15.4. The maximum absolute atomic E-state index is 12.8. The van der Waals surface area contributed by atoms with Crippen molar-refractivity contribution < 1.29 is 9.59 Å². The fourth-order valence-electron chi connectivity index (χ4n) is 4.82. The molecule has 0 atom stereocenters. The Kier molecular flexibility index (Phi) is 6.72. The summed E-state index contributed by atoms with van der Waals surface area (Å²) in [5.74, 6) is 0.895. The van der Waals surface area contributed by atoms with E-state index < -0.39 is 0 Å². The van der Waals surface area contributed by atoms with Gasteiger partial charge in [0.2, 0.25) is 5.91 Å². The van der Waals surface area contributed by atoms with Gasteiger partial charge in [-0.1, -0.05) is 30.9 Å². The summed E-state index contributed by atoms with van der Waals surface area (Å²) in [6.07, 6.45) is 7.25. The lowest BCUT2D eigenvalue weighted by Gasteiger charge is -2.35. The summed E-state index contributed by atoms with van der Waals surface area (Å²) in [6.45, 7) is 5.08. The van der Waals surface area contributed by atoms with Crippen molar-refractivity contribution in [3.8, 4) is 0 Å². The average molecular weight is 436 g/mol. The Labute approximate surface area is 189 Å². The highest BCUT2D eigenvalue weighted by molar-refractivity contribution is 6.07. The van der Waals surface area contributed by atoms with Gasteiger partial charge < -0.3 is 16.0 Å². The van der Waals surface area contributed by atoms with Gasteiger partial charge in [0.1, 0.15) is 11.7 Å². The van der Waals surface area contributed by atoms with E-state index in [1.807, 2.05) is 31.2 Å². The van der Waals surface area contributed by atoms with Gasteiger partial charge in [0.15, 0.2) is 0 Å². The summed E-state index contributed by atoms with van der Waals surface area (Å²) in [4.78, 5) is 36.4. The van der Waals surface area contributed by atoms with Crippen LogP contribution in [0.15, 0.2) is 29.3 Å². The molecule has 3 N–H and O–H groups in total. The van der Waals surface area contributed by atoms with E-state index in [1.165, 1.54) is 6.42 Å². The van der Waals surface area contributed by atoms with Gasteiger partial charge in [0, 0.05) is 30.4 Å². The van der Waals surface area contributed by atoms with Crippen LogP contribution in [-0.4, -0.2) is 41.8 Å². The number of carbonyl (C=O) groups is 2. The molecule has 7 nitrogen and oxygen atoms in total. The van der Waals surface area contributed by atoms with Gasteiger partial charge in [0.25, 0.3) is 5.91 Å². The summed E-state index contributed by atoms with van der Waals surface area (Å²) in [5, 5.41) is 4.18. The van der Waals surface area contributed by atoms with Crippen LogP contribution in [0.2, 0.25) is 0 Å². The van der Waals surface area contributed by atoms with E-state index in [1.54, 1.807) is 6.92 Å². The number of nitrogens with zero attached hydrogens (tertiary/aromatic N) is 3. The number of benzene rings is 1. The molecule has 0 radical (unpaired) electrons. The van der Waals surface area contributed by atoms with Crippen molar-refractivity contribution in [2.75, 3.05) is 18.0 Å². The fraction of sp³-hybridized carbons (Fsp3) is 0.520. The minimum atomic E-state index is -0.372. The Morgan fingerprint density at radius 3 is 2.50 bits per heavy atom. The quantitative estimate of drug-likeness (QED) is 0.563. The second kappa shape index (κ2) is 9.67. The molecule has 170 valence electrons. The minimum absolute atomic E-state index is 0.173. The first-order valence-electron chi connectivity index (χ1n) is 11.7. The average Bonchev–Trinajstić information content (AvgIpc) is 2.79. The third kappa shape index (κ3) is 5.09. The highest BCUT2D eigenvalue weighted by Gasteiger charge is 2.28. The van der Waals surface area contributed by atoms with Gasteiger partial charge in [-0.25, -0.2) is 4.98 Å². The summed E-state index contributed by atoms with van der Waals surface area (Å²) < 4.78 is 0. The van der Waals surface area contributed by atoms with Gasteiger partial charge in [0.05, 0.1) is 11.1 Å². The number of pyridine rings is 1. The number of fused-ring (bicyclic) bond motifs is 1. The SMILES string of the molecule is CC(N)=NC(=O)c1cc2cc(C)ccc2nc1N1CCC(NC(=O)C2CCCCC2)CC1. The van der Waals surface area contributed by atoms with E-state index in [-0.39, 0.29) is 29.6 Å². The second-order valence-electron chi connectivity index (χ2n) is 9.22. The normalized spacial score (nSPS) is 18.7. The van der Waals surface area contributed by atoms with Crippen LogP contribution >= 0.6 is 0 Å². The van der Waals surface area contributed by atoms with Crippen molar-refractivity contribution in [1.29, 1.82) is 0 Å². The lowest BCUT2D eigenvalue weighted by atomic mass is 9.88. The maximum atomic E-state index is 12.8. The molecule has 0 bridgehead atoms. The Morgan fingerprint density at radius 2 is 1.81 bits per heavy atom. The highest BCUT2D eigenvalue weighted by atomic mass is 16.2. The molecule has 1 saturated heterocycles. The molecule has 7 heteroatoms. The molecule has 2 aromatic rings. The number of aliphatic imine (C=N–C) groups is 1. The van der Waals surface area contributed by atoms with E-state index in [0.29, 0.717) is 11.4 Å². The van der Waals surface area contributed by atoms with Crippen molar-refractivity contribution >= 4 is 34.4 Å². The van der Waals surface area contributed by atoms with Gasteiger partial charge in [-0.3, -0.25) is 9.59 Å². The number of hydrogen-bond donors (Lipinski definition) is 2. The topological polar surface area (TPSA) is 101 Å². The summed E-state index contributed by atoms with van der Waals surface area (Å²) >= 11 is 0. The number of rotatable bonds is 4. The Morgan fingerprint density at radius 1 is 1.09 bits per heavy atom. The number of carbonyl (C=O) groups excluding carboxylic acids is 2. The zero-order valence-corrected chi connectivity index (χ0v) is 19.1. The number of anilines is 1. The van der Waals surface area contributed by atoms with Gasteiger partial charge in [-0.15, -0.1) is 0 Å². The molecular formula is C25H33N5O2. The van der Waals surface area contributed by atoms with Crippen LogP contribution in [0.4, 0.5) is 5.82 Å². The molecule has 1 aromatic heterocycles. The molecule has 2 heterocycles. The van der Waals surface area contributed by atoms with Crippen LogP contribution in [0, 0.1) is 12.8 Å². The zero-order chi connectivity index (χ0) is 22.7. The third-order valence-corrected chi connectivity index (χ3v) is 6.58. The largest absolute Gasteiger partial charge is 0.387 e. The molecule has 2 aliphatic rings. The van der Waals surface area contributed by atoms with Crippen LogP contribution in [0.3, 0.4) is 0 Å². The van der Waals surface area contributed by atoms with Gasteiger partial charge >= 0.3 is 0 Å². The fourth-order valence-corrected chi connectivity index (χ4v) is 4.82. The summed E-state index contributed by atoms with van der Waals surface area (Å²) in [6, 6.07) is 8.07. The molecule has 1 aliphatic heterocycles. The van der Waals surface area contributed by atoms with Crippen LogP contribution in [0.5, 0.6) is 0 Å².